The number of ether oxygens (including phenoxy) is 1. The Bertz CT molecular complexity index is 932. The summed E-state index contributed by atoms with van der Waals surface area (Å²) in [7, 11) is 0. The van der Waals surface area contributed by atoms with Crippen LogP contribution < -0.4 is 10.3 Å². The van der Waals surface area contributed by atoms with E-state index in [0.29, 0.717) is 13.0 Å². The van der Waals surface area contributed by atoms with E-state index in [0.717, 1.165) is 25.7 Å². The Balaban J connectivity index is 1.94. The lowest BCUT2D eigenvalue weighted by molar-refractivity contribution is -0.135. The minimum atomic E-state index is -1.34. The third-order valence-corrected chi connectivity index (χ3v) is 5.08. The number of imidazole rings is 1. The molecule has 3 rings (SSSR count). The molecule has 0 spiro atoms. The van der Waals surface area contributed by atoms with Gasteiger partial charge in [-0.15, -0.1) is 0 Å². The van der Waals surface area contributed by atoms with Crippen molar-refractivity contribution in [1.29, 1.82) is 0 Å². The fourth-order valence-electron chi connectivity index (χ4n) is 3.48. The van der Waals surface area contributed by atoms with Gasteiger partial charge in [0.1, 0.15) is 6.54 Å². The summed E-state index contributed by atoms with van der Waals surface area (Å²) in [5.41, 5.74) is -1.02. The lowest BCUT2D eigenvalue weighted by Gasteiger charge is -2.33. The van der Waals surface area contributed by atoms with Crippen LogP contribution in [0.15, 0.2) is 17.2 Å². The first-order chi connectivity index (χ1) is 13.4. The molecule has 0 radical (unpaired) electrons. The van der Waals surface area contributed by atoms with Crippen LogP contribution in [-0.2, 0) is 11.3 Å². The van der Waals surface area contributed by atoms with E-state index in [1.807, 2.05) is 18.7 Å². The summed E-state index contributed by atoms with van der Waals surface area (Å²) in [6.45, 7) is 4.95. The largest absolute Gasteiger partial charge is 0.486 e. The maximum Gasteiger partial charge on any atom is 0.358 e. The topological polar surface area (TPSA) is 106 Å². The van der Waals surface area contributed by atoms with E-state index in [1.54, 1.807) is 6.20 Å². The number of carbonyl (C=O) groups is 2. The average molecular weight is 390 g/mol. The van der Waals surface area contributed by atoms with Gasteiger partial charge in [-0.2, -0.15) is 0 Å². The molecule has 2 aromatic heterocycles. The first kappa shape index (κ1) is 19.9. The Morgan fingerprint density at radius 2 is 2.11 bits per heavy atom. The van der Waals surface area contributed by atoms with E-state index < -0.39 is 17.2 Å². The molecule has 1 N–H and O–H groups in total. The molecule has 0 aromatic carbocycles. The highest BCUT2D eigenvalue weighted by atomic mass is 16.5. The number of carboxylic acids is 1. The van der Waals surface area contributed by atoms with Crippen molar-refractivity contribution in [1.82, 2.24) is 18.9 Å². The van der Waals surface area contributed by atoms with E-state index in [9.17, 15) is 19.5 Å². The number of nitrogens with zero attached hydrogens (tertiary/aromatic N) is 4. The molecule has 28 heavy (non-hydrogen) atoms. The van der Waals surface area contributed by atoms with Crippen LogP contribution in [0.3, 0.4) is 0 Å². The van der Waals surface area contributed by atoms with E-state index in [1.165, 1.54) is 15.2 Å². The maximum absolute atomic E-state index is 12.7. The summed E-state index contributed by atoms with van der Waals surface area (Å²) in [6, 6.07) is 0.173. The summed E-state index contributed by atoms with van der Waals surface area (Å²) >= 11 is 0. The summed E-state index contributed by atoms with van der Waals surface area (Å²) < 4.78 is 8.15. The van der Waals surface area contributed by atoms with Gasteiger partial charge in [0.25, 0.3) is 0 Å². The van der Waals surface area contributed by atoms with E-state index in [4.69, 9.17) is 4.74 Å². The van der Waals surface area contributed by atoms with Crippen molar-refractivity contribution in [3.8, 4) is 5.75 Å². The molecule has 0 saturated carbocycles. The average Bonchev–Trinajstić information content (AvgIpc) is 3.06. The zero-order valence-electron chi connectivity index (χ0n) is 16.3. The van der Waals surface area contributed by atoms with Crippen molar-refractivity contribution >= 4 is 17.7 Å². The third-order valence-electron chi connectivity index (χ3n) is 5.08. The molecule has 1 saturated heterocycles. The molecular formula is C19H26N4O5. The highest BCUT2D eigenvalue weighted by Gasteiger charge is 2.25. The number of carbonyl (C=O) groups excluding carboxylic acids is 1. The van der Waals surface area contributed by atoms with Crippen molar-refractivity contribution in [3.63, 3.8) is 0 Å². The van der Waals surface area contributed by atoms with Crippen LogP contribution in [0.5, 0.6) is 5.75 Å². The SMILES string of the molecule is CCCCOc1c(C(=O)O)nc2n(CC(=O)N3CCCCC3C)ccn2c1=O. The smallest absolute Gasteiger partial charge is 0.358 e. The highest BCUT2D eigenvalue weighted by Crippen LogP contribution is 2.18. The fraction of sp³-hybridized carbons (Fsp3) is 0.579. The summed E-state index contributed by atoms with van der Waals surface area (Å²) in [6.07, 6.45) is 7.65. The molecule has 9 heteroatoms. The summed E-state index contributed by atoms with van der Waals surface area (Å²) in [4.78, 5) is 43.0. The quantitative estimate of drug-likeness (QED) is 0.722. The molecule has 1 atom stereocenters. The standard InChI is InChI=1S/C19H26N4O5/c1-3-4-11-28-16-15(18(26)27)20-19-21(9-10-23(19)17(16)25)12-14(24)22-8-6-5-7-13(22)2/h9-10,13H,3-8,11-12H2,1-2H3,(H,26,27). The normalized spacial score (nSPS) is 17.1. The maximum atomic E-state index is 12.7. The molecule has 1 aliphatic heterocycles. The van der Waals surface area contributed by atoms with Gasteiger partial charge in [0, 0.05) is 25.0 Å². The van der Waals surface area contributed by atoms with Gasteiger partial charge in [-0.3, -0.25) is 9.59 Å². The molecule has 152 valence electrons. The van der Waals surface area contributed by atoms with E-state index in [-0.39, 0.29) is 36.6 Å². The number of hydrogen-bond donors (Lipinski definition) is 1. The Morgan fingerprint density at radius 1 is 1.32 bits per heavy atom. The van der Waals surface area contributed by atoms with Crippen LogP contribution >= 0.6 is 0 Å². The van der Waals surface area contributed by atoms with Crippen LogP contribution in [0.2, 0.25) is 0 Å². The third kappa shape index (κ3) is 3.88. The number of carboxylic acid groups (broad SMARTS) is 1. The lowest BCUT2D eigenvalue weighted by atomic mass is 10.0. The van der Waals surface area contributed by atoms with Crippen molar-refractivity contribution in [2.75, 3.05) is 13.2 Å². The second kappa shape index (κ2) is 8.45. The predicted octanol–water partition coefficient (Wildman–Crippen LogP) is 1.77. The van der Waals surface area contributed by atoms with Crippen LogP contribution in [0.25, 0.3) is 5.78 Å². The molecule has 1 fully saturated rings. The molecule has 3 heterocycles. The molecule has 9 nitrogen and oxygen atoms in total. The second-order valence-electron chi connectivity index (χ2n) is 7.13. The Hall–Kier alpha value is -2.84. The van der Waals surface area contributed by atoms with Crippen molar-refractivity contribution in [3.05, 3.63) is 28.4 Å². The Kier molecular flexibility index (Phi) is 6.01. The minimum absolute atomic E-state index is 0.00236. The van der Waals surface area contributed by atoms with E-state index >= 15 is 0 Å². The zero-order valence-corrected chi connectivity index (χ0v) is 16.3. The fourth-order valence-corrected chi connectivity index (χ4v) is 3.48. The van der Waals surface area contributed by atoms with Crippen LogP contribution in [0.4, 0.5) is 0 Å². The number of rotatable bonds is 7. The van der Waals surface area contributed by atoms with Gasteiger partial charge < -0.3 is 19.3 Å². The monoisotopic (exact) mass is 390 g/mol. The first-order valence-electron chi connectivity index (χ1n) is 9.71. The van der Waals surface area contributed by atoms with Gasteiger partial charge in [-0.05, 0) is 32.6 Å². The molecular weight excluding hydrogens is 364 g/mol. The minimum Gasteiger partial charge on any atom is -0.486 e. The van der Waals surface area contributed by atoms with E-state index in [2.05, 4.69) is 4.98 Å². The molecule has 1 unspecified atom stereocenters. The first-order valence-corrected chi connectivity index (χ1v) is 9.71. The zero-order chi connectivity index (χ0) is 20.3. The van der Waals surface area contributed by atoms with Crippen LogP contribution in [0.1, 0.15) is 56.4 Å². The van der Waals surface area contributed by atoms with Crippen molar-refractivity contribution < 1.29 is 19.4 Å². The number of unbranched alkanes of at least 4 members (excludes halogenated alkanes) is 1. The number of piperidine rings is 1. The molecule has 1 amide bonds. The number of amides is 1. The van der Waals surface area contributed by atoms with Crippen molar-refractivity contribution in [2.45, 2.75) is 58.5 Å². The molecule has 2 aromatic rings. The van der Waals surface area contributed by atoms with Gasteiger partial charge in [-0.25, -0.2) is 14.2 Å². The Labute approximate surface area is 162 Å². The summed E-state index contributed by atoms with van der Waals surface area (Å²) in [5, 5.41) is 9.48. The van der Waals surface area contributed by atoms with Gasteiger partial charge in [0.05, 0.1) is 6.61 Å². The molecule has 0 bridgehead atoms. The number of fused-ring (bicyclic) bond motifs is 1. The Morgan fingerprint density at radius 3 is 2.79 bits per heavy atom. The number of likely N-dealkylation sites (tertiary alicyclic amines) is 1. The van der Waals surface area contributed by atoms with Crippen LogP contribution in [0, 0.1) is 0 Å². The number of aromatic nitrogens is 3. The molecule has 0 aliphatic carbocycles. The number of hydrogen-bond acceptors (Lipinski definition) is 5. The van der Waals surface area contributed by atoms with Gasteiger partial charge in [0.2, 0.25) is 17.4 Å². The van der Waals surface area contributed by atoms with Crippen LogP contribution in [-0.4, -0.2) is 55.0 Å². The van der Waals surface area contributed by atoms with Gasteiger partial charge >= 0.3 is 11.5 Å². The van der Waals surface area contributed by atoms with Gasteiger partial charge in [0.15, 0.2) is 5.69 Å². The van der Waals surface area contributed by atoms with Crippen molar-refractivity contribution in [2.24, 2.45) is 0 Å². The summed E-state index contributed by atoms with van der Waals surface area (Å²) in [5.74, 6) is -1.56. The lowest BCUT2D eigenvalue weighted by Crippen LogP contribution is -2.43. The number of aromatic carboxylic acids is 1. The second-order valence-corrected chi connectivity index (χ2v) is 7.13. The van der Waals surface area contributed by atoms with Gasteiger partial charge in [-0.1, -0.05) is 13.3 Å². The highest BCUT2D eigenvalue weighted by molar-refractivity contribution is 5.89. The molecule has 1 aliphatic rings. The predicted molar refractivity (Wildman–Crippen MR) is 102 cm³/mol.